The average Bonchev–Trinajstić information content (AvgIpc) is 3.07. The second-order valence-corrected chi connectivity index (χ2v) is 7.58. The zero-order valence-corrected chi connectivity index (χ0v) is 14.9. The highest BCUT2D eigenvalue weighted by Gasteiger charge is 2.31. The molecule has 1 amide bonds. The quantitative estimate of drug-likeness (QED) is 0.240. The summed E-state index contributed by atoms with van der Waals surface area (Å²) in [4.78, 5) is 35.0. The lowest BCUT2D eigenvalue weighted by Crippen LogP contribution is -2.29. The minimum Gasteiger partial charge on any atom is -0.481 e. The minimum atomic E-state index is -0.826. The van der Waals surface area contributed by atoms with Crippen molar-refractivity contribution in [2.75, 3.05) is 6.54 Å². The van der Waals surface area contributed by atoms with Gasteiger partial charge in [0.2, 0.25) is 0 Å². The van der Waals surface area contributed by atoms with Gasteiger partial charge >= 0.3 is 11.0 Å². The van der Waals surface area contributed by atoms with E-state index in [-0.39, 0.29) is 17.3 Å². The number of thiophene rings is 1. The number of carboxylic acid groups (broad SMARTS) is 1. The van der Waals surface area contributed by atoms with E-state index in [2.05, 4.69) is 0 Å². The Kier molecular flexibility index (Phi) is 6.46. The fourth-order valence-corrected chi connectivity index (χ4v) is 4.07. The summed E-state index contributed by atoms with van der Waals surface area (Å²) in [6, 6.07) is 1.42. The topological polar surface area (TPSA) is 101 Å². The summed E-state index contributed by atoms with van der Waals surface area (Å²) < 4.78 is 0.453. The number of thiocarbonyl (C=S) groups is 1. The van der Waals surface area contributed by atoms with Crippen molar-refractivity contribution in [3.05, 3.63) is 32.0 Å². The van der Waals surface area contributed by atoms with Gasteiger partial charge in [0, 0.05) is 24.4 Å². The van der Waals surface area contributed by atoms with Crippen LogP contribution in [-0.2, 0) is 9.59 Å². The van der Waals surface area contributed by atoms with Gasteiger partial charge in [0.1, 0.15) is 4.32 Å². The Labute approximate surface area is 151 Å². The molecule has 1 N–H and O–H groups in total. The van der Waals surface area contributed by atoms with Gasteiger partial charge in [0.15, 0.2) is 0 Å². The van der Waals surface area contributed by atoms with Crippen LogP contribution in [0.2, 0.25) is 0 Å². The molecule has 1 aromatic heterocycles. The van der Waals surface area contributed by atoms with Gasteiger partial charge in [0.25, 0.3) is 5.91 Å². The Balaban J connectivity index is 1.93. The number of carboxylic acids is 1. The van der Waals surface area contributed by atoms with Crippen LogP contribution in [0.25, 0.3) is 6.08 Å². The first-order valence-corrected chi connectivity index (χ1v) is 9.19. The molecule has 0 unspecified atom stereocenters. The fourth-order valence-electron chi connectivity index (χ4n) is 2.08. The van der Waals surface area contributed by atoms with Gasteiger partial charge in [-0.05, 0) is 24.5 Å². The number of hydrogen-bond donors (Lipinski definition) is 1. The number of nitro groups is 1. The van der Waals surface area contributed by atoms with Crippen LogP contribution in [0.1, 0.15) is 31.2 Å². The Hall–Kier alpha value is -1.78. The van der Waals surface area contributed by atoms with Crippen LogP contribution in [0.15, 0.2) is 16.4 Å². The van der Waals surface area contributed by atoms with Gasteiger partial charge < -0.3 is 5.11 Å². The summed E-state index contributed by atoms with van der Waals surface area (Å²) in [6.45, 7) is 0.450. The van der Waals surface area contributed by atoms with E-state index in [1.807, 2.05) is 0 Å². The number of amides is 1. The van der Waals surface area contributed by atoms with E-state index in [4.69, 9.17) is 17.3 Å². The smallest absolute Gasteiger partial charge is 0.324 e. The van der Waals surface area contributed by atoms with Crippen molar-refractivity contribution in [2.45, 2.75) is 25.7 Å². The molecule has 2 heterocycles. The highest BCUT2D eigenvalue weighted by molar-refractivity contribution is 8.26. The Bertz CT molecular complexity index is 713. The predicted octanol–water partition coefficient (Wildman–Crippen LogP) is 3.50. The predicted molar refractivity (Wildman–Crippen MR) is 97.0 cm³/mol. The SMILES string of the molecule is O=C(O)CCCCCN1C(=O)C(=Cc2csc([N+](=O)[O-])c2)SC1=S. The van der Waals surface area contributed by atoms with Gasteiger partial charge in [-0.3, -0.25) is 24.6 Å². The zero-order chi connectivity index (χ0) is 17.7. The van der Waals surface area contributed by atoms with Crippen LogP contribution in [0.3, 0.4) is 0 Å². The molecule has 0 radical (unpaired) electrons. The Morgan fingerprint density at radius 2 is 2.17 bits per heavy atom. The molecule has 1 saturated heterocycles. The molecule has 0 aliphatic carbocycles. The Morgan fingerprint density at radius 1 is 1.42 bits per heavy atom. The first-order chi connectivity index (χ1) is 11.4. The van der Waals surface area contributed by atoms with Crippen LogP contribution in [0, 0.1) is 10.1 Å². The average molecular weight is 386 g/mol. The highest BCUT2D eigenvalue weighted by atomic mass is 32.2. The Morgan fingerprint density at radius 3 is 2.79 bits per heavy atom. The van der Waals surface area contributed by atoms with Gasteiger partial charge in [0.05, 0.1) is 9.83 Å². The highest BCUT2D eigenvalue weighted by Crippen LogP contribution is 2.34. The van der Waals surface area contributed by atoms with Crippen LogP contribution in [0.5, 0.6) is 0 Å². The monoisotopic (exact) mass is 386 g/mol. The molecular formula is C14H14N2O5S3. The number of unbranched alkanes of at least 4 members (excludes halogenated alkanes) is 2. The van der Waals surface area contributed by atoms with Crippen molar-refractivity contribution in [1.29, 1.82) is 0 Å². The molecule has 0 aromatic carbocycles. The number of aliphatic carboxylic acids is 1. The van der Waals surface area contributed by atoms with Gasteiger partial charge in [-0.25, -0.2) is 0 Å². The van der Waals surface area contributed by atoms with Crippen molar-refractivity contribution in [3.63, 3.8) is 0 Å². The van der Waals surface area contributed by atoms with E-state index in [0.717, 1.165) is 11.3 Å². The lowest BCUT2D eigenvalue weighted by molar-refractivity contribution is -0.380. The van der Waals surface area contributed by atoms with E-state index in [0.29, 0.717) is 40.6 Å². The molecule has 24 heavy (non-hydrogen) atoms. The molecule has 1 aliphatic heterocycles. The molecule has 0 spiro atoms. The molecule has 0 bridgehead atoms. The van der Waals surface area contributed by atoms with Crippen molar-refractivity contribution in [2.24, 2.45) is 0 Å². The van der Waals surface area contributed by atoms with Crippen molar-refractivity contribution in [3.8, 4) is 0 Å². The van der Waals surface area contributed by atoms with E-state index in [9.17, 15) is 19.7 Å². The number of carbonyl (C=O) groups is 2. The third kappa shape index (κ3) is 4.86. The van der Waals surface area contributed by atoms with E-state index < -0.39 is 10.9 Å². The largest absolute Gasteiger partial charge is 0.481 e. The van der Waals surface area contributed by atoms with Crippen molar-refractivity contribution >= 4 is 62.6 Å². The lowest BCUT2D eigenvalue weighted by atomic mass is 10.2. The lowest BCUT2D eigenvalue weighted by Gasteiger charge is -2.13. The third-order valence-corrected chi connectivity index (χ3v) is 5.51. The zero-order valence-electron chi connectivity index (χ0n) is 12.5. The summed E-state index contributed by atoms with van der Waals surface area (Å²) in [6.07, 6.45) is 3.68. The molecule has 0 atom stereocenters. The summed E-state index contributed by atoms with van der Waals surface area (Å²) >= 11 is 7.38. The van der Waals surface area contributed by atoms with Gasteiger partial charge in [-0.15, -0.1) is 0 Å². The van der Waals surface area contributed by atoms with Crippen molar-refractivity contribution < 1.29 is 19.6 Å². The summed E-state index contributed by atoms with van der Waals surface area (Å²) in [5.74, 6) is -1.04. The molecule has 1 aliphatic rings. The van der Waals surface area contributed by atoms with Crippen LogP contribution in [-0.4, -0.2) is 37.7 Å². The maximum atomic E-state index is 12.4. The first kappa shape index (κ1) is 18.6. The summed E-state index contributed by atoms with van der Waals surface area (Å²) in [5.41, 5.74) is 0.605. The van der Waals surface area contributed by atoms with Gasteiger partial charge in [-0.1, -0.05) is 41.7 Å². The first-order valence-electron chi connectivity index (χ1n) is 7.08. The molecule has 10 heteroatoms. The maximum Gasteiger partial charge on any atom is 0.324 e. The molecule has 2 rings (SSSR count). The van der Waals surface area contributed by atoms with Crippen LogP contribution >= 0.6 is 35.3 Å². The fraction of sp³-hybridized carbons (Fsp3) is 0.357. The molecule has 128 valence electrons. The van der Waals surface area contributed by atoms with E-state index in [1.54, 1.807) is 11.5 Å². The molecular weight excluding hydrogens is 372 g/mol. The number of nitrogens with zero attached hydrogens (tertiary/aromatic N) is 2. The third-order valence-electron chi connectivity index (χ3n) is 3.23. The molecule has 0 saturated carbocycles. The number of hydrogen-bond acceptors (Lipinski definition) is 7. The standard InChI is InChI=1S/C14H14N2O5S3/c17-12(18)4-2-1-3-5-15-13(19)10(24-14(15)22)6-9-7-11(16(20)21)23-8-9/h6-8H,1-5H2,(H,17,18). The number of carbonyl (C=O) groups excluding carboxylic acids is 1. The second-order valence-electron chi connectivity index (χ2n) is 5.01. The van der Waals surface area contributed by atoms with Crippen molar-refractivity contribution in [1.82, 2.24) is 4.90 Å². The van der Waals surface area contributed by atoms with Crippen LogP contribution in [0.4, 0.5) is 5.00 Å². The summed E-state index contributed by atoms with van der Waals surface area (Å²) in [7, 11) is 0. The van der Waals surface area contributed by atoms with E-state index in [1.165, 1.54) is 22.7 Å². The number of rotatable bonds is 8. The maximum absolute atomic E-state index is 12.4. The molecule has 1 aromatic rings. The van der Waals surface area contributed by atoms with Crippen LogP contribution < -0.4 is 0 Å². The van der Waals surface area contributed by atoms with E-state index >= 15 is 0 Å². The minimum absolute atomic E-state index is 0.0233. The normalized spacial score (nSPS) is 16.2. The molecule has 1 fully saturated rings. The molecule has 7 nitrogen and oxygen atoms in total. The summed E-state index contributed by atoms with van der Waals surface area (Å²) in [5, 5.41) is 20.9. The second kappa shape index (κ2) is 8.36. The number of thioether (sulfide) groups is 1. The van der Waals surface area contributed by atoms with Gasteiger partial charge in [-0.2, -0.15) is 0 Å².